The molecule has 2 fully saturated rings. The lowest BCUT2D eigenvalue weighted by Crippen LogP contribution is -2.45. The van der Waals surface area contributed by atoms with Crippen molar-refractivity contribution >= 4 is 18.3 Å². The van der Waals surface area contributed by atoms with Crippen molar-refractivity contribution in [2.24, 2.45) is 0 Å². The van der Waals surface area contributed by atoms with Gasteiger partial charge >= 0.3 is 0 Å². The van der Waals surface area contributed by atoms with Gasteiger partial charge < -0.3 is 15.7 Å². The number of β-amino-alcohol motifs (C(OH)–C–C–N with tert-alkyl or cyclic N) is 1. The summed E-state index contributed by atoms with van der Waals surface area (Å²) in [6.45, 7) is 0.544. The molecule has 0 spiro atoms. The topological polar surface area (TPSA) is 61.4 Å². The molecule has 1 saturated carbocycles. The van der Waals surface area contributed by atoms with Gasteiger partial charge in [0, 0.05) is 12.6 Å². The standard InChI is InChI=1S/C11H20N2O2.ClH/c14-9-6-10(12-7-9)11(15)13-8-4-2-1-3-5-8;/h8-10,12,14H,1-7H2,(H,13,15);1H/t9-,10-;/m1./s1. The molecule has 0 radical (unpaired) electrons. The fraction of sp³-hybridized carbons (Fsp3) is 0.909. The first-order valence-electron chi connectivity index (χ1n) is 5.97. The van der Waals surface area contributed by atoms with Crippen LogP contribution in [0.1, 0.15) is 38.5 Å². The van der Waals surface area contributed by atoms with Gasteiger partial charge in [-0.3, -0.25) is 4.79 Å². The fourth-order valence-corrected chi connectivity index (χ4v) is 2.47. The first-order chi connectivity index (χ1) is 7.25. The Kier molecular flexibility index (Phi) is 5.52. The van der Waals surface area contributed by atoms with Crippen molar-refractivity contribution in [3.8, 4) is 0 Å². The molecule has 94 valence electrons. The normalized spacial score (nSPS) is 30.8. The summed E-state index contributed by atoms with van der Waals surface area (Å²) in [7, 11) is 0. The van der Waals surface area contributed by atoms with Crippen LogP contribution in [0.4, 0.5) is 0 Å². The molecule has 2 aliphatic rings. The minimum Gasteiger partial charge on any atom is -0.392 e. The van der Waals surface area contributed by atoms with E-state index in [1.165, 1.54) is 19.3 Å². The van der Waals surface area contributed by atoms with Gasteiger partial charge in [-0.2, -0.15) is 0 Å². The number of aliphatic hydroxyl groups is 1. The zero-order chi connectivity index (χ0) is 10.7. The Morgan fingerprint density at radius 1 is 1.25 bits per heavy atom. The second-order valence-corrected chi connectivity index (χ2v) is 4.69. The van der Waals surface area contributed by atoms with E-state index in [1.54, 1.807) is 0 Å². The molecule has 0 unspecified atom stereocenters. The zero-order valence-corrected chi connectivity index (χ0v) is 10.3. The molecular weight excluding hydrogens is 228 g/mol. The third kappa shape index (κ3) is 3.61. The highest BCUT2D eigenvalue weighted by atomic mass is 35.5. The van der Waals surface area contributed by atoms with E-state index in [-0.39, 0.29) is 30.5 Å². The van der Waals surface area contributed by atoms with Gasteiger partial charge in [-0.05, 0) is 19.3 Å². The van der Waals surface area contributed by atoms with E-state index in [0.717, 1.165) is 12.8 Å². The molecule has 1 saturated heterocycles. The number of aliphatic hydroxyl groups excluding tert-OH is 1. The molecular formula is C11H21ClN2O2. The van der Waals surface area contributed by atoms with E-state index in [4.69, 9.17) is 0 Å². The number of hydrogen-bond donors (Lipinski definition) is 3. The van der Waals surface area contributed by atoms with E-state index >= 15 is 0 Å². The maximum atomic E-state index is 11.8. The lowest BCUT2D eigenvalue weighted by Gasteiger charge is -2.24. The van der Waals surface area contributed by atoms with Crippen molar-refractivity contribution in [2.45, 2.75) is 56.7 Å². The van der Waals surface area contributed by atoms with E-state index in [9.17, 15) is 9.90 Å². The molecule has 2 rings (SSSR count). The first kappa shape index (κ1) is 13.7. The lowest BCUT2D eigenvalue weighted by atomic mass is 9.95. The summed E-state index contributed by atoms with van der Waals surface area (Å²) in [6, 6.07) is 0.188. The second kappa shape index (κ2) is 6.42. The second-order valence-electron chi connectivity index (χ2n) is 4.69. The summed E-state index contributed by atoms with van der Waals surface area (Å²) in [5.41, 5.74) is 0. The number of amides is 1. The van der Waals surface area contributed by atoms with E-state index in [2.05, 4.69) is 10.6 Å². The summed E-state index contributed by atoms with van der Waals surface area (Å²) in [5.74, 6) is 0.0680. The molecule has 4 nitrogen and oxygen atoms in total. The minimum absolute atomic E-state index is 0. The van der Waals surface area contributed by atoms with Crippen molar-refractivity contribution in [3.63, 3.8) is 0 Å². The Morgan fingerprint density at radius 2 is 1.94 bits per heavy atom. The van der Waals surface area contributed by atoms with E-state index in [0.29, 0.717) is 19.0 Å². The average Bonchev–Trinajstić information content (AvgIpc) is 2.66. The molecule has 16 heavy (non-hydrogen) atoms. The van der Waals surface area contributed by atoms with Crippen LogP contribution in [0.3, 0.4) is 0 Å². The van der Waals surface area contributed by atoms with Gasteiger partial charge in [0.1, 0.15) is 0 Å². The minimum atomic E-state index is -0.355. The van der Waals surface area contributed by atoms with Crippen LogP contribution in [0.25, 0.3) is 0 Å². The molecule has 3 N–H and O–H groups in total. The zero-order valence-electron chi connectivity index (χ0n) is 9.45. The third-order valence-electron chi connectivity index (χ3n) is 3.38. The Hall–Kier alpha value is -0.320. The molecule has 5 heteroatoms. The Morgan fingerprint density at radius 3 is 2.50 bits per heavy atom. The van der Waals surface area contributed by atoms with Crippen molar-refractivity contribution < 1.29 is 9.90 Å². The van der Waals surface area contributed by atoms with Gasteiger partial charge in [0.05, 0.1) is 12.1 Å². The van der Waals surface area contributed by atoms with Gasteiger partial charge in [-0.1, -0.05) is 19.3 Å². The van der Waals surface area contributed by atoms with Crippen molar-refractivity contribution in [1.82, 2.24) is 10.6 Å². The molecule has 0 aromatic carbocycles. The predicted octanol–water partition coefficient (Wildman–Crippen LogP) is 0.580. The number of carbonyl (C=O) groups excluding carboxylic acids is 1. The van der Waals surface area contributed by atoms with Gasteiger partial charge in [-0.25, -0.2) is 0 Å². The lowest BCUT2D eigenvalue weighted by molar-refractivity contribution is -0.123. The maximum Gasteiger partial charge on any atom is 0.237 e. The van der Waals surface area contributed by atoms with Crippen LogP contribution in [0.2, 0.25) is 0 Å². The number of halogens is 1. The smallest absolute Gasteiger partial charge is 0.237 e. The quantitative estimate of drug-likeness (QED) is 0.670. The fourth-order valence-electron chi connectivity index (χ4n) is 2.47. The van der Waals surface area contributed by atoms with Crippen LogP contribution >= 0.6 is 12.4 Å². The van der Waals surface area contributed by atoms with Crippen molar-refractivity contribution in [1.29, 1.82) is 0 Å². The predicted molar refractivity (Wildman–Crippen MR) is 64.7 cm³/mol. The summed E-state index contributed by atoms with van der Waals surface area (Å²) in [4.78, 5) is 11.8. The highest BCUT2D eigenvalue weighted by Crippen LogP contribution is 2.18. The van der Waals surface area contributed by atoms with Crippen LogP contribution < -0.4 is 10.6 Å². The van der Waals surface area contributed by atoms with Gasteiger partial charge in [0.15, 0.2) is 0 Å². The molecule has 0 aromatic rings. The molecule has 1 heterocycles. The largest absolute Gasteiger partial charge is 0.392 e. The summed E-state index contributed by atoms with van der Waals surface area (Å²) >= 11 is 0. The van der Waals surface area contributed by atoms with Crippen molar-refractivity contribution in [3.05, 3.63) is 0 Å². The molecule has 0 aromatic heterocycles. The molecule has 2 atom stereocenters. The molecule has 1 amide bonds. The Labute approximate surface area is 103 Å². The SMILES string of the molecule is Cl.O=C(NC1CCCCC1)[C@H]1C[C@@H](O)CN1. The monoisotopic (exact) mass is 248 g/mol. The Bertz CT molecular complexity index is 232. The van der Waals surface area contributed by atoms with E-state index in [1.807, 2.05) is 0 Å². The summed E-state index contributed by atoms with van der Waals surface area (Å²) in [6.07, 6.45) is 6.18. The number of nitrogens with one attached hydrogen (secondary N) is 2. The number of hydrogen-bond acceptors (Lipinski definition) is 3. The summed E-state index contributed by atoms with van der Waals surface area (Å²) < 4.78 is 0. The van der Waals surface area contributed by atoms with Gasteiger partial charge in [0.25, 0.3) is 0 Å². The third-order valence-corrected chi connectivity index (χ3v) is 3.38. The molecule has 0 bridgehead atoms. The van der Waals surface area contributed by atoms with Crippen molar-refractivity contribution in [2.75, 3.05) is 6.54 Å². The van der Waals surface area contributed by atoms with Crippen LogP contribution in [0.15, 0.2) is 0 Å². The number of carbonyl (C=O) groups is 1. The number of rotatable bonds is 2. The van der Waals surface area contributed by atoms with Gasteiger partial charge in [0.2, 0.25) is 5.91 Å². The molecule has 1 aliphatic heterocycles. The molecule has 1 aliphatic carbocycles. The van der Waals surface area contributed by atoms with Crippen LogP contribution in [0, 0.1) is 0 Å². The van der Waals surface area contributed by atoms with Crippen LogP contribution in [-0.4, -0.2) is 35.7 Å². The maximum absolute atomic E-state index is 11.8. The van der Waals surface area contributed by atoms with Crippen LogP contribution in [0.5, 0.6) is 0 Å². The Balaban J connectivity index is 0.00000128. The van der Waals surface area contributed by atoms with Crippen LogP contribution in [-0.2, 0) is 4.79 Å². The average molecular weight is 249 g/mol. The highest BCUT2D eigenvalue weighted by molar-refractivity contribution is 5.85. The van der Waals surface area contributed by atoms with Gasteiger partial charge in [-0.15, -0.1) is 12.4 Å². The summed E-state index contributed by atoms with van der Waals surface area (Å²) in [5, 5.41) is 15.4. The first-order valence-corrected chi connectivity index (χ1v) is 5.97. The van der Waals surface area contributed by atoms with E-state index < -0.39 is 0 Å². The highest BCUT2D eigenvalue weighted by Gasteiger charge is 2.29.